The summed E-state index contributed by atoms with van der Waals surface area (Å²) in [6.07, 6.45) is -1.24. The SMILES string of the molecule is C[C@@H](O[Si](C)(C)C(C)(C)C)[C@H](NC(=O)OCc1ccccc1)C(N)=O. The van der Waals surface area contributed by atoms with Crippen molar-refractivity contribution in [1.29, 1.82) is 0 Å². The van der Waals surface area contributed by atoms with Crippen molar-refractivity contribution in [2.24, 2.45) is 5.73 Å². The molecule has 0 aliphatic rings. The molecule has 0 saturated heterocycles. The van der Waals surface area contributed by atoms with Crippen LogP contribution in [0.15, 0.2) is 30.3 Å². The van der Waals surface area contributed by atoms with Crippen LogP contribution in [-0.2, 0) is 20.6 Å². The molecule has 0 aliphatic carbocycles. The molecule has 0 bridgehead atoms. The number of alkyl carbamates (subject to hydrolysis) is 1. The first kappa shape index (κ1) is 21.2. The first-order valence-corrected chi connectivity index (χ1v) is 11.3. The van der Waals surface area contributed by atoms with Crippen LogP contribution in [0.3, 0.4) is 0 Å². The van der Waals surface area contributed by atoms with Crippen LogP contribution in [0.2, 0.25) is 18.1 Å². The Balaban J connectivity index is 2.67. The normalized spacial score (nSPS) is 14.5. The summed E-state index contributed by atoms with van der Waals surface area (Å²) in [4.78, 5) is 23.8. The lowest BCUT2D eigenvalue weighted by atomic mass is 10.2. The highest BCUT2D eigenvalue weighted by Crippen LogP contribution is 2.37. The second kappa shape index (κ2) is 8.49. The summed E-state index contributed by atoms with van der Waals surface area (Å²) in [6.45, 7) is 12.3. The zero-order valence-corrected chi connectivity index (χ0v) is 17.0. The number of primary amides is 1. The summed E-state index contributed by atoms with van der Waals surface area (Å²) in [5.74, 6) is -0.650. The number of hydrogen-bond acceptors (Lipinski definition) is 4. The van der Waals surface area contributed by atoms with Crippen LogP contribution in [0.25, 0.3) is 0 Å². The molecule has 2 amide bonds. The Labute approximate surface area is 151 Å². The third-order valence-electron chi connectivity index (χ3n) is 4.55. The van der Waals surface area contributed by atoms with E-state index in [9.17, 15) is 9.59 Å². The van der Waals surface area contributed by atoms with E-state index in [0.29, 0.717) is 0 Å². The predicted octanol–water partition coefficient (Wildman–Crippen LogP) is 3.18. The Morgan fingerprint density at radius 1 is 1.20 bits per heavy atom. The standard InChI is InChI=1S/C18H30N2O4Si/c1-13(24-25(5,6)18(2,3)4)15(16(19)21)20-17(22)23-12-14-10-8-7-9-11-14/h7-11,13,15H,12H2,1-6H3,(H2,19,21)(H,20,22)/t13-,15+/m1/s1. The van der Waals surface area contributed by atoms with Gasteiger partial charge in [-0.15, -0.1) is 0 Å². The van der Waals surface area contributed by atoms with Crippen molar-refractivity contribution in [2.75, 3.05) is 0 Å². The number of carbonyl (C=O) groups excluding carboxylic acids is 2. The van der Waals surface area contributed by atoms with E-state index in [4.69, 9.17) is 14.9 Å². The van der Waals surface area contributed by atoms with E-state index in [-0.39, 0.29) is 11.6 Å². The molecule has 3 N–H and O–H groups in total. The summed E-state index contributed by atoms with van der Waals surface area (Å²) < 4.78 is 11.3. The van der Waals surface area contributed by atoms with Gasteiger partial charge < -0.3 is 20.2 Å². The fourth-order valence-electron chi connectivity index (χ4n) is 2.02. The Hall–Kier alpha value is -1.86. The lowest BCUT2D eigenvalue weighted by molar-refractivity contribution is -0.122. The van der Waals surface area contributed by atoms with E-state index in [1.165, 1.54) is 0 Å². The highest BCUT2D eigenvalue weighted by Gasteiger charge is 2.40. The van der Waals surface area contributed by atoms with Crippen molar-refractivity contribution in [3.05, 3.63) is 35.9 Å². The molecule has 0 unspecified atom stereocenters. The average molecular weight is 367 g/mol. The second-order valence-corrected chi connectivity index (χ2v) is 12.4. The van der Waals surface area contributed by atoms with E-state index in [1.54, 1.807) is 6.92 Å². The van der Waals surface area contributed by atoms with Gasteiger partial charge in [0.25, 0.3) is 0 Å². The van der Waals surface area contributed by atoms with Crippen LogP contribution in [0.4, 0.5) is 4.79 Å². The largest absolute Gasteiger partial charge is 0.445 e. The topological polar surface area (TPSA) is 90.7 Å². The molecule has 25 heavy (non-hydrogen) atoms. The lowest BCUT2D eigenvalue weighted by Gasteiger charge is -2.39. The van der Waals surface area contributed by atoms with Gasteiger partial charge in [-0.1, -0.05) is 51.1 Å². The monoisotopic (exact) mass is 366 g/mol. The quantitative estimate of drug-likeness (QED) is 0.725. The van der Waals surface area contributed by atoms with Crippen LogP contribution < -0.4 is 11.1 Å². The van der Waals surface area contributed by atoms with E-state index in [2.05, 4.69) is 39.2 Å². The zero-order chi connectivity index (χ0) is 19.3. The molecule has 0 aliphatic heterocycles. The number of nitrogens with two attached hydrogens (primary N) is 1. The lowest BCUT2D eigenvalue weighted by Crippen LogP contribution is -2.55. The minimum absolute atomic E-state index is 0.0166. The number of ether oxygens (including phenoxy) is 1. The molecule has 1 aromatic carbocycles. The molecule has 0 aromatic heterocycles. The molecule has 0 radical (unpaired) electrons. The number of nitrogens with one attached hydrogen (secondary N) is 1. The summed E-state index contributed by atoms with van der Waals surface area (Å²) in [7, 11) is -2.10. The van der Waals surface area contributed by atoms with Gasteiger partial charge in [0, 0.05) is 0 Å². The summed E-state index contributed by atoms with van der Waals surface area (Å²) >= 11 is 0. The van der Waals surface area contributed by atoms with E-state index in [0.717, 1.165) is 5.56 Å². The van der Waals surface area contributed by atoms with Gasteiger partial charge in [-0.05, 0) is 30.6 Å². The number of hydrogen-bond donors (Lipinski definition) is 2. The third kappa shape index (κ3) is 6.51. The maximum Gasteiger partial charge on any atom is 0.408 e. The van der Waals surface area contributed by atoms with Crippen molar-refractivity contribution < 1.29 is 18.8 Å². The van der Waals surface area contributed by atoms with Crippen LogP contribution in [0.1, 0.15) is 33.3 Å². The van der Waals surface area contributed by atoms with Gasteiger partial charge in [-0.2, -0.15) is 0 Å². The van der Waals surface area contributed by atoms with Gasteiger partial charge in [0.05, 0.1) is 6.10 Å². The molecular weight excluding hydrogens is 336 g/mol. The molecule has 0 saturated carbocycles. The van der Waals surface area contributed by atoms with Gasteiger partial charge in [0.1, 0.15) is 12.6 Å². The van der Waals surface area contributed by atoms with E-state index >= 15 is 0 Å². The van der Waals surface area contributed by atoms with Crippen molar-refractivity contribution >= 4 is 20.3 Å². The Kier molecular flexibility index (Phi) is 7.19. The van der Waals surface area contributed by atoms with Crippen molar-refractivity contribution in [3.8, 4) is 0 Å². The van der Waals surface area contributed by atoms with Gasteiger partial charge in [0.15, 0.2) is 8.32 Å². The number of benzene rings is 1. The highest BCUT2D eigenvalue weighted by molar-refractivity contribution is 6.74. The first-order chi connectivity index (χ1) is 11.4. The Morgan fingerprint density at radius 2 is 1.76 bits per heavy atom. The molecule has 0 spiro atoms. The molecule has 2 atom stereocenters. The molecule has 1 aromatic rings. The number of rotatable bonds is 7. The van der Waals surface area contributed by atoms with Crippen molar-refractivity contribution in [3.63, 3.8) is 0 Å². The van der Waals surface area contributed by atoms with Gasteiger partial charge >= 0.3 is 6.09 Å². The molecule has 7 heteroatoms. The van der Waals surface area contributed by atoms with E-state index < -0.39 is 32.5 Å². The van der Waals surface area contributed by atoms with Gasteiger partial charge in [0.2, 0.25) is 5.91 Å². The molecule has 0 fully saturated rings. The van der Waals surface area contributed by atoms with Gasteiger partial charge in [-0.3, -0.25) is 4.79 Å². The predicted molar refractivity (Wildman–Crippen MR) is 100 cm³/mol. The van der Waals surface area contributed by atoms with Crippen LogP contribution in [0.5, 0.6) is 0 Å². The molecular formula is C18H30N2O4Si. The average Bonchev–Trinajstić information content (AvgIpc) is 2.49. The maximum absolute atomic E-state index is 12.0. The maximum atomic E-state index is 12.0. The summed E-state index contributed by atoms with van der Waals surface area (Å²) in [5, 5.41) is 2.51. The molecule has 0 heterocycles. The van der Waals surface area contributed by atoms with Crippen molar-refractivity contribution in [1.82, 2.24) is 5.32 Å². The summed E-state index contributed by atoms with van der Waals surface area (Å²) in [5.41, 5.74) is 6.31. The molecule has 1 rings (SSSR count). The van der Waals surface area contributed by atoms with Crippen LogP contribution in [-0.4, -0.2) is 32.5 Å². The fourth-order valence-corrected chi connectivity index (χ4v) is 3.44. The molecule has 140 valence electrons. The van der Waals surface area contributed by atoms with Crippen LogP contribution >= 0.6 is 0 Å². The second-order valence-electron chi connectivity index (χ2n) is 7.67. The number of carbonyl (C=O) groups is 2. The van der Waals surface area contributed by atoms with Gasteiger partial charge in [-0.25, -0.2) is 4.79 Å². The minimum atomic E-state index is -2.10. The van der Waals surface area contributed by atoms with Crippen LogP contribution in [0, 0.1) is 0 Å². The third-order valence-corrected chi connectivity index (χ3v) is 9.12. The highest BCUT2D eigenvalue weighted by atomic mass is 28.4. The first-order valence-electron chi connectivity index (χ1n) is 8.38. The fraction of sp³-hybridized carbons (Fsp3) is 0.556. The smallest absolute Gasteiger partial charge is 0.408 e. The minimum Gasteiger partial charge on any atom is -0.445 e. The number of amides is 2. The zero-order valence-electron chi connectivity index (χ0n) is 16.0. The van der Waals surface area contributed by atoms with Crippen molar-refractivity contribution in [2.45, 2.75) is 64.6 Å². The summed E-state index contributed by atoms with van der Waals surface area (Å²) in [6, 6.07) is 8.35. The Morgan fingerprint density at radius 3 is 2.24 bits per heavy atom. The Bertz CT molecular complexity index is 584. The van der Waals surface area contributed by atoms with E-state index in [1.807, 2.05) is 30.3 Å². The molecule has 6 nitrogen and oxygen atoms in total.